The first-order valence-electron chi connectivity index (χ1n) is 29.1. The summed E-state index contributed by atoms with van der Waals surface area (Å²) in [5.41, 5.74) is 11.7. The van der Waals surface area contributed by atoms with E-state index in [0.29, 0.717) is 43.6 Å². The number of aromatic nitrogens is 2. The zero-order valence-electron chi connectivity index (χ0n) is 49.4. The van der Waals surface area contributed by atoms with E-state index in [1.165, 1.54) is 4.90 Å². The van der Waals surface area contributed by atoms with Crippen molar-refractivity contribution in [3.05, 3.63) is 122 Å². The maximum absolute atomic E-state index is 14.1. The van der Waals surface area contributed by atoms with Crippen LogP contribution >= 0.6 is 11.3 Å². The summed E-state index contributed by atoms with van der Waals surface area (Å²) in [6.07, 6.45) is 1.90. The molecule has 8 rings (SSSR count). The average molecular weight is 1140 g/mol. The fourth-order valence-corrected chi connectivity index (χ4v) is 12.3. The summed E-state index contributed by atoms with van der Waals surface area (Å²) in [5, 5.41) is 19.6. The number of aryl methyl sites for hydroxylation is 3. The lowest BCUT2D eigenvalue weighted by Crippen LogP contribution is -2.58. The number of H-pyrrole nitrogens is 1. The van der Waals surface area contributed by atoms with E-state index in [0.717, 1.165) is 120 Å². The van der Waals surface area contributed by atoms with Crippen LogP contribution in [0.1, 0.15) is 110 Å². The molecule has 3 aliphatic rings. The zero-order chi connectivity index (χ0) is 58.7. The van der Waals surface area contributed by atoms with E-state index in [-0.39, 0.29) is 56.1 Å². The number of carbonyl (C=O) groups is 4. The summed E-state index contributed by atoms with van der Waals surface area (Å²) in [6, 6.07) is 20.8. The molecule has 18 nitrogen and oxygen atoms in total. The van der Waals surface area contributed by atoms with Gasteiger partial charge in [0.05, 0.1) is 41.4 Å². The molecule has 82 heavy (non-hydrogen) atoms. The molecule has 5 N–H and O–H groups in total. The van der Waals surface area contributed by atoms with E-state index < -0.39 is 35.4 Å². The average Bonchev–Trinajstić information content (AvgIpc) is 4.19. The van der Waals surface area contributed by atoms with Gasteiger partial charge in [-0.3, -0.25) is 28.9 Å². The third kappa shape index (κ3) is 15.6. The van der Waals surface area contributed by atoms with Crippen LogP contribution in [-0.4, -0.2) is 158 Å². The number of aliphatic hydroxyl groups excluding tert-OH is 1. The number of β-amino-alcohol motifs (C(OH)–C–C–N with tert-alkyl or cyclic N) is 1. The Balaban J connectivity index is 0.760. The van der Waals surface area contributed by atoms with Crippen LogP contribution in [0.25, 0.3) is 21.6 Å². The molecule has 4 atom stereocenters. The molecule has 0 bridgehead atoms. The van der Waals surface area contributed by atoms with E-state index in [1.54, 1.807) is 11.3 Å². The predicted octanol–water partition coefficient (Wildman–Crippen LogP) is 7.25. The van der Waals surface area contributed by atoms with E-state index >= 15 is 0 Å². The van der Waals surface area contributed by atoms with Gasteiger partial charge in [0.1, 0.15) is 18.7 Å². The molecule has 19 heteroatoms. The minimum absolute atomic E-state index is 0.0160. The first kappa shape index (κ1) is 61.6. The number of rotatable bonds is 23. The highest BCUT2D eigenvalue weighted by Gasteiger charge is 2.45. The third-order valence-corrected chi connectivity index (χ3v) is 17.2. The molecule has 3 aromatic carbocycles. The molecule has 3 aliphatic heterocycles. The first-order chi connectivity index (χ1) is 39.3. The van der Waals surface area contributed by atoms with Crippen molar-refractivity contribution in [1.82, 2.24) is 35.7 Å². The second-order valence-corrected chi connectivity index (χ2v) is 24.1. The van der Waals surface area contributed by atoms with Gasteiger partial charge in [-0.1, -0.05) is 57.2 Å². The number of pyridine rings is 1. The number of aromatic amines is 1. The number of aliphatic hydroxyl groups is 1. The molecule has 0 spiro atoms. The minimum atomic E-state index is -0.964. The summed E-state index contributed by atoms with van der Waals surface area (Å²) in [7, 11) is 0. The van der Waals surface area contributed by atoms with Crippen LogP contribution in [0, 0.1) is 33.1 Å². The number of hydrogen-bond acceptors (Lipinski definition) is 14. The molecule has 0 aliphatic carbocycles. The topological polar surface area (TPSA) is 211 Å². The maximum Gasteiger partial charge on any atom is 0.253 e. The summed E-state index contributed by atoms with van der Waals surface area (Å²) in [6.45, 7) is 25.0. The highest BCUT2D eigenvalue weighted by molar-refractivity contribution is 7.13. The van der Waals surface area contributed by atoms with Crippen molar-refractivity contribution >= 4 is 46.3 Å². The predicted molar refractivity (Wildman–Crippen MR) is 322 cm³/mol. The Morgan fingerprint density at radius 3 is 2.24 bits per heavy atom. The van der Waals surface area contributed by atoms with Gasteiger partial charge in [0.15, 0.2) is 0 Å². The standard InChI is InChI=1S/C63H85N9O9S/c1-10-71(50-20-28-80-29-21-50)54-34-48(33-52(42(54)4)59(75)64-36-53-40(2)32-41(3)66-60(53)76)46-16-18-49(19-17-46)70-25-23-69(24-26-70)22-11-27-79-30-31-81-38-56(74)68-58(63(7,8)9)62(78)72-37-51(73)35-55(72)61(77)67-43(5)45-12-14-47(15-13-45)57-44(6)65-39-82-57/h12-19,32-34,39,43,50-51,55,58,73H,10-11,20-31,35-38H2,1-9H3,(H,64,75)(H,66,76)(H,67,77)(H,68,74)/t43?,51-,55+,58?/m1/s1. The number of nitrogens with zero attached hydrogens (tertiary/aromatic N) is 5. The van der Waals surface area contributed by atoms with Crippen molar-refractivity contribution in [2.45, 2.75) is 125 Å². The van der Waals surface area contributed by atoms with E-state index in [1.807, 2.05) is 97.3 Å². The zero-order valence-corrected chi connectivity index (χ0v) is 50.2. The summed E-state index contributed by atoms with van der Waals surface area (Å²) >= 11 is 1.58. The van der Waals surface area contributed by atoms with Crippen LogP contribution in [-0.2, 0) is 35.1 Å². The Morgan fingerprint density at radius 1 is 0.890 bits per heavy atom. The van der Waals surface area contributed by atoms with Gasteiger partial charge in [-0.15, -0.1) is 11.3 Å². The number of carbonyl (C=O) groups excluding carboxylic acids is 4. The molecule has 2 aromatic heterocycles. The van der Waals surface area contributed by atoms with Crippen LogP contribution in [0.2, 0.25) is 0 Å². The lowest BCUT2D eigenvalue weighted by molar-refractivity contribution is -0.144. The van der Waals surface area contributed by atoms with E-state index in [4.69, 9.17) is 14.2 Å². The van der Waals surface area contributed by atoms with Gasteiger partial charge >= 0.3 is 0 Å². The maximum atomic E-state index is 14.1. The normalized spacial score (nSPS) is 17.8. The van der Waals surface area contributed by atoms with E-state index in [9.17, 15) is 29.1 Å². The number of piperazine rings is 1. The van der Waals surface area contributed by atoms with E-state index in [2.05, 4.69) is 77.9 Å². The SMILES string of the molecule is CCN(c1cc(-c2ccc(N3CCN(CCCOCCOCC(=O)NC(C(=O)N4C[C@H](O)C[C@H]4C(=O)NC(C)c4ccc(-c5scnc5C)cc4)C(C)(C)C)CC3)cc2)cc(C(=O)NCc2c(C)cc(C)[nH]c2=O)c1C)C1CCOCC1. The first-order valence-corrected chi connectivity index (χ1v) is 30.0. The van der Waals surface area contributed by atoms with Crippen molar-refractivity contribution in [1.29, 1.82) is 0 Å². The molecule has 2 unspecified atom stereocenters. The number of hydrogen-bond donors (Lipinski definition) is 5. The minimum Gasteiger partial charge on any atom is -0.391 e. The van der Waals surface area contributed by atoms with Crippen LogP contribution in [0.15, 0.2) is 77.0 Å². The highest BCUT2D eigenvalue weighted by atomic mass is 32.1. The molecule has 4 amide bonds. The Hall–Kier alpha value is -6.48. The van der Waals surface area contributed by atoms with Gasteiger partial charge in [-0.05, 0) is 130 Å². The van der Waals surface area contributed by atoms with Gasteiger partial charge in [-0.25, -0.2) is 4.98 Å². The molecule has 3 saturated heterocycles. The molecule has 5 heterocycles. The quantitative estimate of drug-likeness (QED) is 0.0409. The number of anilines is 2. The summed E-state index contributed by atoms with van der Waals surface area (Å²) in [5.74, 6) is -1.47. The molecule has 442 valence electrons. The van der Waals surface area contributed by atoms with Crippen LogP contribution in [0.5, 0.6) is 0 Å². The van der Waals surface area contributed by atoms with Gasteiger partial charge in [0.25, 0.3) is 11.5 Å². The Bertz CT molecular complexity index is 3030. The lowest BCUT2D eigenvalue weighted by atomic mass is 9.85. The molecule has 0 saturated carbocycles. The smallest absolute Gasteiger partial charge is 0.253 e. The van der Waals surface area contributed by atoms with Crippen LogP contribution < -0.4 is 31.3 Å². The number of ether oxygens (including phenoxy) is 3. The second kappa shape index (κ2) is 28.2. The Kier molecular flexibility index (Phi) is 21.2. The summed E-state index contributed by atoms with van der Waals surface area (Å²) < 4.78 is 17.3. The molecule has 5 aromatic rings. The third-order valence-electron chi connectivity index (χ3n) is 16.2. The summed E-state index contributed by atoms with van der Waals surface area (Å²) in [4.78, 5) is 84.9. The monoisotopic (exact) mass is 1140 g/mol. The number of benzene rings is 3. The second-order valence-electron chi connectivity index (χ2n) is 23.2. The number of thiazole rings is 1. The van der Waals surface area contributed by atoms with Crippen molar-refractivity contribution < 1.29 is 38.5 Å². The van der Waals surface area contributed by atoms with Gasteiger partial charge < -0.3 is 55.0 Å². The molecular weight excluding hydrogens is 1060 g/mol. The fourth-order valence-electron chi connectivity index (χ4n) is 11.5. The van der Waals surface area contributed by atoms with Gasteiger partial charge in [0.2, 0.25) is 17.7 Å². The highest BCUT2D eigenvalue weighted by Crippen LogP contribution is 2.36. The number of amides is 4. The van der Waals surface area contributed by atoms with Crippen molar-refractivity contribution in [2.24, 2.45) is 5.41 Å². The van der Waals surface area contributed by atoms with Gasteiger partial charge in [-0.2, -0.15) is 0 Å². The van der Waals surface area contributed by atoms with Crippen LogP contribution in [0.3, 0.4) is 0 Å². The molecular formula is C63H85N9O9S. The van der Waals surface area contributed by atoms with Crippen molar-refractivity contribution in [2.75, 3.05) is 95.3 Å². The number of nitrogens with one attached hydrogen (secondary N) is 4. The lowest BCUT2D eigenvalue weighted by Gasteiger charge is -2.37. The fraction of sp³-hybridized carbons (Fsp3) is 0.524. The van der Waals surface area contributed by atoms with Crippen LogP contribution in [0.4, 0.5) is 11.4 Å². The Morgan fingerprint density at radius 2 is 1.59 bits per heavy atom. The number of likely N-dealkylation sites (tertiary alicyclic amines) is 1. The Labute approximate surface area is 487 Å². The molecule has 0 radical (unpaired) electrons. The van der Waals surface area contributed by atoms with Crippen molar-refractivity contribution in [3.63, 3.8) is 0 Å². The largest absolute Gasteiger partial charge is 0.391 e. The van der Waals surface area contributed by atoms with Gasteiger partial charge in [0, 0.05) is 113 Å². The molecule has 3 fully saturated rings. The van der Waals surface area contributed by atoms with Crippen molar-refractivity contribution in [3.8, 4) is 21.6 Å².